The quantitative estimate of drug-likeness (QED) is 0.925. The van der Waals surface area contributed by atoms with Gasteiger partial charge in [0, 0.05) is 62.0 Å². The van der Waals surface area contributed by atoms with Crippen LogP contribution in [0.1, 0.15) is 18.5 Å². The first kappa shape index (κ1) is 13.8. The van der Waals surface area contributed by atoms with Crippen molar-refractivity contribution in [2.24, 2.45) is 0 Å². The molecule has 1 atom stereocenters. The van der Waals surface area contributed by atoms with Gasteiger partial charge in [-0.15, -0.1) is 0 Å². The van der Waals surface area contributed by atoms with Crippen LogP contribution in [-0.2, 0) is 0 Å². The fourth-order valence-electron chi connectivity index (χ4n) is 2.58. The number of anilines is 1. The maximum absolute atomic E-state index is 3.71. The number of nitrogens with zero attached hydrogens (tertiary/aromatic N) is 2. The van der Waals surface area contributed by atoms with Gasteiger partial charge in [-0.1, -0.05) is 22.0 Å². The zero-order valence-corrected chi connectivity index (χ0v) is 13.0. The third-order valence-electron chi connectivity index (χ3n) is 3.63. The van der Waals surface area contributed by atoms with E-state index in [9.17, 15) is 0 Å². The number of hydrogen-bond acceptors (Lipinski definition) is 3. The number of piperazine rings is 1. The van der Waals surface area contributed by atoms with Crippen LogP contribution in [0.3, 0.4) is 0 Å². The van der Waals surface area contributed by atoms with E-state index in [1.165, 1.54) is 15.7 Å². The van der Waals surface area contributed by atoms with Crippen molar-refractivity contribution in [3.05, 3.63) is 28.2 Å². The van der Waals surface area contributed by atoms with Crippen LogP contribution >= 0.6 is 15.9 Å². The summed E-state index contributed by atoms with van der Waals surface area (Å²) >= 11 is 3.71. The summed E-state index contributed by atoms with van der Waals surface area (Å²) in [4.78, 5) is 4.74. The first-order valence-corrected chi connectivity index (χ1v) is 7.31. The normalized spacial score (nSPS) is 18.7. The lowest BCUT2D eigenvalue weighted by Gasteiger charge is -2.35. The molecule has 18 heavy (non-hydrogen) atoms. The van der Waals surface area contributed by atoms with Crippen molar-refractivity contribution in [2.45, 2.75) is 13.0 Å². The minimum absolute atomic E-state index is 0.445. The maximum atomic E-state index is 3.71. The Balaban J connectivity index is 2.30. The van der Waals surface area contributed by atoms with Crippen molar-refractivity contribution < 1.29 is 0 Å². The van der Waals surface area contributed by atoms with Crippen molar-refractivity contribution in [1.82, 2.24) is 10.2 Å². The molecule has 1 saturated heterocycles. The monoisotopic (exact) mass is 311 g/mol. The number of rotatable bonds is 3. The van der Waals surface area contributed by atoms with Gasteiger partial charge in [0.15, 0.2) is 0 Å². The van der Waals surface area contributed by atoms with Crippen molar-refractivity contribution >= 4 is 21.6 Å². The van der Waals surface area contributed by atoms with Crippen LogP contribution in [0.2, 0.25) is 0 Å². The van der Waals surface area contributed by atoms with Gasteiger partial charge in [0.2, 0.25) is 0 Å². The molecule has 1 aromatic carbocycles. The van der Waals surface area contributed by atoms with Crippen molar-refractivity contribution in [2.75, 3.05) is 45.2 Å². The van der Waals surface area contributed by atoms with Gasteiger partial charge in [0.05, 0.1) is 0 Å². The molecular formula is C14H22BrN3. The second-order valence-electron chi connectivity index (χ2n) is 5.03. The maximum Gasteiger partial charge on any atom is 0.0420 e. The topological polar surface area (TPSA) is 18.5 Å². The fourth-order valence-corrected chi connectivity index (χ4v) is 3.27. The smallest absolute Gasteiger partial charge is 0.0420 e. The van der Waals surface area contributed by atoms with E-state index in [2.05, 4.69) is 70.3 Å². The second kappa shape index (κ2) is 6.04. The summed E-state index contributed by atoms with van der Waals surface area (Å²) in [6.07, 6.45) is 0. The van der Waals surface area contributed by atoms with Gasteiger partial charge in [-0.05, 0) is 19.1 Å². The van der Waals surface area contributed by atoms with Crippen LogP contribution in [0, 0.1) is 0 Å². The van der Waals surface area contributed by atoms with Gasteiger partial charge < -0.3 is 10.2 Å². The lowest BCUT2D eigenvalue weighted by Crippen LogP contribution is -2.44. The van der Waals surface area contributed by atoms with E-state index in [-0.39, 0.29) is 0 Å². The van der Waals surface area contributed by atoms with E-state index >= 15 is 0 Å². The SMILES string of the molecule is CC(c1c(Br)cccc1N(C)C)N1CCNCC1. The summed E-state index contributed by atoms with van der Waals surface area (Å²) < 4.78 is 1.21. The first-order chi connectivity index (χ1) is 8.61. The van der Waals surface area contributed by atoms with Crippen LogP contribution in [0.5, 0.6) is 0 Å². The van der Waals surface area contributed by atoms with Crippen molar-refractivity contribution in [3.63, 3.8) is 0 Å². The highest BCUT2D eigenvalue weighted by Gasteiger charge is 2.22. The zero-order valence-electron chi connectivity index (χ0n) is 11.4. The van der Waals surface area contributed by atoms with Gasteiger partial charge in [0.25, 0.3) is 0 Å². The Labute approximate surface area is 118 Å². The highest BCUT2D eigenvalue weighted by molar-refractivity contribution is 9.10. The predicted molar refractivity (Wildman–Crippen MR) is 81.3 cm³/mol. The minimum atomic E-state index is 0.445. The third-order valence-corrected chi connectivity index (χ3v) is 4.32. The highest BCUT2D eigenvalue weighted by Crippen LogP contribution is 2.35. The molecular weight excluding hydrogens is 290 g/mol. The molecule has 0 spiro atoms. The molecule has 1 heterocycles. The number of benzene rings is 1. The largest absolute Gasteiger partial charge is 0.377 e. The Morgan fingerprint density at radius 2 is 1.94 bits per heavy atom. The predicted octanol–water partition coefficient (Wildman–Crippen LogP) is 2.48. The Morgan fingerprint density at radius 1 is 1.28 bits per heavy atom. The van der Waals surface area contributed by atoms with E-state index < -0.39 is 0 Å². The molecule has 1 unspecified atom stereocenters. The molecule has 2 rings (SSSR count). The third kappa shape index (κ3) is 2.87. The number of halogens is 1. The fraction of sp³-hybridized carbons (Fsp3) is 0.571. The van der Waals surface area contributed by atoms with Crippen molar-refractivity contribution in [3.8, 4) is 0 Å². The number of nitrogens with one attached hydrogen (secondary N) is 1. The van der Waals surface area contributed by atoms with Gasteiger partial charge in [-0.3, -0.25) is 4.90 Å². The molecule has 1 aliphatic heterocycles. The molecule has 1 aliphatic rings. The summed E-state index contributed by atoms with van der Waals surface area (Å²) in [5.74, 6) is 0. The molecule has 1 N–H and O–H groups in total. The van der Waals surface area contributed by atoms with E-state index in [0.29, 0.717) is 6.04 Å². The Hall–Kier alpha value is -0.580. The molecule has 0 saturated carbocycles. The average molecular weight is 312 g/mol. The first-order valence-electron chi connectivity index (χ1n) is 6.51. The molecule has 0 radical (unpaired) electrons. The van der Waals surface area contributed by atoms with E-state index in [1.807, 2.05) is 0 Å². The zero-order chi connectivity index (χ0) is 13.1. The van der Waals surface area contributed by atoms with E-state index in [0.717, 1.165) is 26.2 Å². The summed E-state index contributed by atoms with van der Waals surface area (Å²) in [7, 11) is 4.21. The lowest BCUT2D eigenvalue weighted by molar-refractivity contribution is 0.185. The Bertz CT molecular complexity index is 400. The second-order valence-corrected chi connectivity index (χ2v) is 5.88. The van der Waals surface area contributed by atoms with Gasteiger partial charge in [-0.2, -0.15) is 0 Å². The van der Waals surface area contributed by atoms with Crippen LogP contribution in [0.15, 0.2) is 22.7 Å². The van der Waals surface area contributed by atoms with Crippen LogP contribution < -0.4 is 10.2 Å². The standard InChI is InChI=1S/C14H22BrN3/c1-11(18-9-7-16-8-10-18)14-12(15)5-4-6-13(14)17(2)3/h4-6,11,16H,7-10H2,1-3H3. The molecule has 3 nitrogen and oxygen atoms in total. The number of hydrogen-bond donors (Lipinski definition) is 1. The Morgan fingerprint density at radius 3 is 2.56 bits per heavy atom. The van der Waals surface area contributed by atoms with Crippen LogP contribution in [0.4, 0.5) is 5.69 Å². The molecule has 4 heteroatoms. The van der Waals surface area contributed by atoms with Gasteiger partial charge in [0.1, 0.15) is 0 Å². The van der Waals surface area contributed by atoms with Crippen molar-refractivity contribution in [1.29, 1.82) is 0 Å². The molecule has 100 valence electrons. The average Bonchev–Trinajstić information content (AvgIpc) is 2.38. The van der Waals surface area contributed by atoms with E-state index in [1.54, 1.807) is 0 Å². The molecule has 0 aliphatic carbocycles. The highest BCUT2D eigenvalue weighted by atomic mass is 79.9. The van der Waals surface area contributed by atoms with Crippen LogP contribution in [-0.4, -0.2) is 45.2 Å². The lowest BCUT2D eigenvalue weighted by atomic mass is 10.0. The summed E-state index contributed by atoms with van der Waals surface area (Å²) in [5.41, 5.74) is 2.69. The molecule has 1 aromatic rings. The molecule has 0 amide bonds. The summed E-state index contributed by atoms with van der Waals surface area (Å²) in [6, 6.07) is 6.88. The Kier molecular flexibility index (Phi) is 4.65. The minimum Gasteiger partial charge on any atom is -0.377 e. The van der Waals surface area contributed by atoms with Crippen LogP contribution in [0.25, 0.3) is 0 Å². The van der Waals surface area contributed by atoms with Gasteiger partial charge >= 0.3 is 0 Å². The summed E-state index contributed by atoms with van der Waals surface area (Å²) in [6.45, 7) is 6.72. The van der Waals surface area contributed by atoms with Gasteiger partial charge in [-0.25, -0.2) is 0 Å². The molecule has 0 bridgehead atoms. The molecule has 1 fully saturated rings. The van der Waals surface area contributed by atoms with E-state index in [4.69, 9.17) is 0 Å². The summed E-state index contributed by atoms with van der Waals surface area (Å²) in [5, 5.41) is 3.41. The molecule has 0 aromatic heterocycles.